The molecule has 7 nitrogen and oxygen atoms in total. The minimum absolute atomic E-state index is 0.200. The molecule has 3 rings (SSSR count). The van der Waals surface area contributed by atoms with Gasteiger partial charge >= 0.3 is 5.69 Å². The third kappa shape index (κ3) is 2.33. The highest BCUT2D eigenvalue weighted by Gasteiger charge is 2.12. The van der Waals surface area contributed by atoms with Gasteiger partial charge in [0, 0.05) is 18.9 Å². The molecule has 0 aliphatic heterocycles. The molecule has 0 aliphatic carbocycles. The zero-order chi connectivity index (χ0) is 14.8. The zero-order valence-corrected chi connectivity index (χ0v) is 11.8. The Morgan fingerprint density at radius 2 is 1.90 bits per heavy atom. The zero-order valence-electron chi connectivity index (χ0n) is 11.8. The fourth-order valence-corrected chi connectivity index (χ4v) is 2.09. The number of nitrogens with zero attached hydrogens (tertiary/aromatic N) is 6. The molecule has 0 aliphatic rings. The van der Waals surface area contributed by atoms with Gasteiger partial charge in [-0.1, -0.05) is 6.07 Å². The van der Waals surface area contributed by atoms with E-state index in [2.05, 4.69) is 20.1 Å². The fraction of sp³-hybridized carbons (Fsp3) is 0.214. The molecule has 0 amide bonds. The van der Waals surface area contributed by atoms with Crippen LogP contribution in [0.5, 0.6) is 0 Å². The van der Waals surface area contributed by atoms with Crippen molar-refractivity contribution in [2.45, 2.75) is 20.4 Å². The van der Waals surface area contributed by atoms with Crippen molar-refractivity contribution in [3.63, 3.8) is 0 Å². The minimum atomic E-state index is -0.200. The average Bonchev–Trinajstić information content (AvgIpc) is 2.82. The van der Waals surface area contributed by atoms with Gasteiger partial charge in [0.25, 0.3) is 0 Å². The van der Waals surface area contributed by atoms with Crippen LogP contribution in [0.25, 0.3) is 17.3 Å². The summed E-state index contributed by atoms with van der Waals surface area (Å²) in [6.45, 7) is 4.18. The summed E-state index contributed by atoms with van der Waals surface area (Å²) in [5, 5.41) is 4.20. The van der Waals surface area contributed by atoms with Crippen molar-refractivity contribution in [2.75, 3.05) is 0 Å². The Kier molecular flexibility index (Phi) is 3.31. The maximum absolute atomic E-state index is 12.3. The molecule has 0 saturated carbocycles. The van der Waals surface area contributed by atoms with Crippen molar-refractivity contribution in [1.82, 2.24) is 29.3 Å². The molecular weight excluding hydrogens is 268 g/mol. The van der Waals surface area contributed by atoms with E-state index in [0.717, 1.165) is 0 Å². The van der Waals surface area contributed by atoms with Crippen LogP contribution in [-0.2, 0) is 6.54 Å². The molecule has 0 radical (unpaired) electrons. The van der Waals surface area contributed by atoms with Crippen molar-refractivity contribution >= 4 is 0 Å². The van der Waals surface area contributed by atoms with Gasteiger partial charge in [0.05, 0.1) is 0 Å². The second-order valence-corrected chi connectivity index (χ2v) is 4.43. The van der Waals surface area contributed by atoms with Crippen molar-refractivity contribution in [3.8, 4) is 17.3 Å². The Bertz CT molecular complexity index is 821. The first-order valence-corrected chi connectivity index (χ1v) is 6.62. The highest BCUT2D eigenvalue weighted by Crippen LogP contribution is 2.13. The van der Waals surface area contributed by atoms with E-state index in [1.54, 1.807) is 31.5 Å². The van der Waals surface area contributed by atoms with Gasteiger partial charge in [0.15, 0.2) is 5.82 Å². The third-order valence-corrected chi connectivity index (χ3v) is 3.06. The van der Waals surface area contributed by atoms with Crippen molar-refractivity contribution in [1.29, 1.82) is 0 Å². The van der Waals surface area contributed by atoms with Crippen LogP contribution in [0.1, 0.15) is 12.7 Å². The number of aromatic nitrogens is 6. The monoisotopic (exact) mass is 282 g/mol. The Morgan fingerprint density at radius 3 is 2.57 bits per heavy atom. The quantitative estimate of drug-likeness (QED) is 0.721. The number of aryl methyl sites for hydroxylation is 2. The second kappa shape index (κ2) is 5.28. The Labute approximate surface area is 120 Å². The van der Waals surface area contributed by atoms with Crippen molar-refractivity contribution in [3.05, 3.63) is 53.0 Å². The predicted octanol–water partition coefficient (Wildman–Crippen LogP) is 1.21. The lowest BCUT2D eigenvalue weighted by Gasteiger charge is -2.04. The van der Waals surface area contributed by atoms with Gasteiger partial charge in [-0.2, -0.15) is 5.10 Å². The molecule has 0 fully saturated rings. The molecule has 0 atom stereocenters. The van der Waals surface area contributed by atoms with Crippen LogP contribution in [0.4, 0.5) is 0 Å². The summed E-state index contributed by atoms with van der Waals surface area (Å²) in [6.07, 6.45) is 3.31. The summed E-state index contributed by atoms with van der Waals surface area (Å²) < 4.78 is 2.89. The van der Waals surface area contributed by atoms with Crippen LogP contribution in [0, 0.1) is 6.92 Å². The lowest BCUT2D eigenvalue weighted by Crippen LogP contribution is -2.24. The number of pyridine rings is 1. The summed E-state index contributed by atoms with van der Waals surface area (Å²) in [7, 11) is 0. The van der Waals surface area contributed by atoms with E-state index < -0.39 is 0 Å². The molecule has 3 aromatic rings. The third-order valence-electron chi connectivity index (χ3n) is 3.06. The molecule has 0 N–H and O–H groups in total. The van der Waals surface area contributed by atoms with E-state index >= 15 is 0 Å². The first-order chi connectivity index (χ1) is 10.2. The summed E-state index contributed by atoms with van der Waals surface area (Å²) in [5.41, 5.74) is 0.414. The molecule has 0 saturated heterocycles. The normalized spacial score (nSPS) is 10.8. The molecule has 21 heavy (non-hydrogen) atoms. The van der Waals surface area contributed by atoms with E-state index in [4.69, 9.17) is 0 Å². The van der Waals surface area contributed by atoms with E-state index in [1.807, 2.05) is 19.1 Å². The van der Waals surface area contributed by atoms with Crippen LogP contribution in [0.3, 0.4) is 0 Å². The van der Waals surface area contributed by atoms with E-state index in [0.29, 0.717) is 29.7 Å². The first kappa shape index (κ1) is 13.2. The standard InChI is InChI=1S/C14H14N6O/c1-3-19-14(21)20(10(2)18-19)12-7-4-6-11(17-12)13-15-8-5-9-16-13/h4-9H,3H2,1-2H3. The van der Waals surface area contributed by atoms with Crippen LogP contribution >= 0.6 is 0 Å². The van der Waals surface area contributed by atoms with Gasteiger partial charge in [-0.25, -0.2) is 29.0 Å². The van der Waals surface area contributed by atoms with Crippen molar-refractivity contribution < 1.29 is 0 Å². The molecule has 0 unspecified atom stereocenters. The number of rotatable bonds is 3. The van der Waals surface area contributed by atoms with E-state index in [9.17, 15) is 4.79 Å². The SMILES string of the molecule is CCn1nc(C)n(-c2cccc(-c3ncccn3)n2)c1=O. The highest BCUT2D eigenvalue weighted by molar-refractivity contribution is 5.50. The van der Waals surface area contributed by atoms with Gasteiger partial charge in [-0.15, -0.1) is 0 Å². The molecular formula is C14H14N6O. The second-order valence-electron chi connectivity index (χ2n) is 4.43. The van der Waals surface area contributed by atoms with Crippen molar-refractivity contribution in [2.24, 2.45) is 0 Å². The molecule has 0 spiro atoms. The number of hydrogen-bond acceptors (Lipinski definition) is 5. The summed E-state index contributed by atoms with van der Waals surface area (Å²) in [6, 6.07) is 7.14. The maximum atomic E-state index is 12.3. The van der Waals surface area contributed by atoms with Crippen LogP contribution in [0.15, 0.2) is 41.5 Å². The topological polar surface area (TPSA) is 78.5 Å². The van der Waals surface area contributed by atoms with Gasteiger partial charge in [-0.05, 0) is 32.0 Å². The Morgan fingerprint density at radius 1 is 1.14 bits per heavy atom. The predicted molar refractivity (Wildman–Crippen MR) is 77.1 cm³/mol. The fourth-order valence-electron chi connectivity index (χ4n) is 2.09. The molecule has 3 heterocycles. The van der Waals surface area contributed by atoms with Gasteiger partial charge in [-0.3, -0.25) is 0 Å². The van der Waals surface area contributed by atoms with E-state index in [1.165, 1.54) is 9.25 Å². The van der Waals surface area contributed by atoms with Crippen LogP contribution < -0.4 is 5.69 Å². The smallest absolute Gasteiger partial charge is 0.246 e. The van der Waals surface area contributed by atoms with Crippen LogP contribution in [0.2, 0.25) is 0 Å². The number of hydrogen-bond donors (Lipinski definition) is 0. The van der Waals surface area contributed by atoms with Gasteiger partial charge < -0.3 is 0 Å². The Hall–Kier alpha value is -2.83. The molecule has 7 heteroatoms. The summed E-state index contributed by atoms with van der Waals surface area (Å²) in [5.74, 6) is 1.63. The molecule has 106 valence electrons. The average molecular weight is 282 g/mol. The Balaban J connectivity index is 2.13. The highest BCUT2D eigenvalue weighted by atomic mass is 16.2. The van der Waals surface area contributed by atoms with E-state index in [-0.39, 0.29) is 5.69 Å². The molecule has 0 aromatic carbocycles. The summed E-state index contributed by atoms with van der Waals surface area (Å²) in [4.78, 5) is 25.1. The van der Waals surface area contributed by atoms with Crippen LogP contribution in [-0.4, -0.2) is 29.3 Å². The maximum Gasteiger partial charge on any atom is 0.351 e. The lowest BCUT2D eigenvalue weighted by atomic mass is 10.3. The summed E-state index contributed by atoms with van der Waals surface area (Å²) >= 11 is 0. The molecule has 0 bridgehead atoms. The van der Waals surface area contributed by atoms with Gasteiger partial charge in [0.1, 0.15) is 17.3 Å². The first-order valence-electron chi connectivity index (χ1n) is 6.62. The minimum Gasteiger partial charge on any atom is -0.246 e. The lowest BCUT2D eigenvalue weighted by molar-refractivity contribution is 0.626. The largest absolute Gasteiger partial charge is 0.351 e. The van der Waals surface area contributed by atoms with Gasteiger partial charge in [0.2, 0.25) is 0 Å². The molecule has 3 aromatic heterocycles.